The number of nitrogens with one attached hydrogen (secondary N) is 2. The van der Waals surface area contributed by atoms with Gasteiger partial charge in [0.2, 0.25) is 5.91 Å². The van der Waals surface area contributed by atoms with E-state index in [1.54, 1.807) is 25.2 Å². The van der Waals surface area contributed by atoms with Crippen molar-refractivity contribution in [2.24, 2.45) is 4.99 Å². The van der Waals surface area contributed by atoms with Crippen LogP contribution in [-0.4, -0.2) is 55.7 Å². The number of amides is 1. The molecule has 0 aromatic heterocycles. The SMILES string of the molecule is CCC(=O)N1CCC(NC(=NC)NCc2cccc(COCC(F)(F)F)c2)C1. The van der Waals surface area contributed by atoms with Crippen LogP contribution in [0.1, 0.15) is 30.9 Å². The van der Waals surface area contributed by atoms with Gasteiger partial charge in [0, 0.05) is 39.1 Å². The van der Waals surface area contributed by atoms with E-state index in [-0.39, 0.29) is 18.6 Å². The zero-order valence-electron chi connectivity index (χ0n) is 16.2. The number of alkyl halides is 3. The second kappa shape index (κ2) is 10.3. The zero-order valence-corrected chi connectivity index (χ0v) is 16.2. The molecular weight excluding hydrogens is 373 g/mol. The Morgan fingerprint density at radius 3 is 2.79 bits per heavy atom. The summed E-state index contributed by atoms with van der Waals surface area (Å²) in [6.45, 7) is 2.36. The van der Waals surface area contributed by atoms with Crippen LogP contribution >= 0.6 is 0 Å². The second-order valence-corrected chi connectivity index (χ2v) is 6.68. The number of rotatable bonds is 7. The molecule has 2 rings (SSSR count). The van der Waals surface area contributed by atoms with Crippen LogP contribution in [0.4, 0.5) is 13.2 Å². The third kappa shape index (κ3) is 7.38. The Hall–Kier alpha value is -2.29. The Morgan fingerprint density at radius 1 is 1.36 bits per heavy atom. The van der Waals surface area contributed by atoms with Gasteiger partial charge >= 0.3 is 6.18 Å². The van der Waals surface area contributed by atoms with E-state index in [0.29, 0.717) is 31.0 Å². The molecule has 2 N–H and O–H groups in total. The van der Waals surface area contributed by atoms with Crippen LogP contribution in [0.5, 0.6) is 0 Å². The number of guanidine groups is 1. The van der Waals surface area contributed by atoms with E-state index in [9.17, 15) is 18.0 Å². The molecule has 28 heavy (non-hydrogen) atoms. The normalized spacial score (nSPS) is 17.7. The summed E-state index contributed by atoms with van der Waals surface area (Å²) in [6.07, 6.45) is -2.96. The molecule has 1 aromatic rings. The van der Waals surface area contributed by atoms with Crippen molar-refractivity contribution in [3.8, 4) is 0 Å². The molecule has 0 bridgehead atoms. The monoisotopic (exact) mass is 400 g/mol. The van der Waals surface area contributed by atoms with E-state index in [2.05, 4.69) is 15.6 Å². The first-order valence-corrected chi connectivity index (χ1v) is 9.28. The minimum absolute atomic E-state index is 0.0936. The van der Waals surface area contributed by atoms with Gasteiger partial charge in [0.15, 0.2) is 5.96 Å². The van der Waals surface area contributed by atoms with Crippen molar-refractivity contribution in [2.45, 2.75) is 45.1 Å². The number of halogens is 3. The summed E-state index contributed by atoms with van der Waals surface area (Å²) < 4.78 is 41.2. The molecule has 1 atom stereocenters. The van der Waals surface area contributed by atoms with Crippen molar-refractivity contribution in [3.05, 3.63) is 35.4 Å². The van der Waals surface area contributed by atoms with Crippen LogP contribution in [0.25, 0.3) is 0 Å². The molecule has 1 fully saturated rings. The molecule has 1 aromatic carbocycles. The maximum Gasteiger partial charge on any atom is 0.411 e. The third-order valence-corrected chi connectivity index (χ3v) is 4.39. The minimum Gasteiger partial charge on any atom is -0.367 e. The van der Waals surface area contributed by atoms with Crippen molar-refractivity contribution in [1.29, 1.82) is 0 Å². The fourth-order valence-corrected chi connectivity index (χ4v) is 3.02. The molecule has 1 unspecified atom stereocenters. The average molecular weight is 400 g/mol. The summed E-state index contributed by atoms with van der Waals surface area (Å²) in [7, 11) is 1.67. The molecule has 0 aliphatic carbocycles. The number of hydrogen-bond acceptors (Lipinski definition) is 3. The van der Waals surface area contributed by atoms with E-state index in [4.69, 9.17) is 4.74 Å². The topological polar surface area (TPSA) is 66.0 Å². The molecule has 0 saturated carbocycles. The highest BCUT2D eigenvalue weighted by molar-refractivity contribution is 5.80. The maximum absolute atomic E-state index is 12.2. The van der Waals surface area contributed by atoms with E-state index < -0.39 is 12.8 Å². The van der Waals surface area contributed by atoms with Crippen LogP contribution in [0.3, 0.4) is 0 Å². The van der Waals surface area contributed by atoms with E-state index in [1.165, 1.54) is 0 Å². The number of ether oxygens (including phenoxy) is 1. The number of likely N-dealkylation sites (tertiary alicyclic amines) is 1. The Bertz CT molecular complexity index is 679. The van der Waals surface area contributed by atoms with Gasteiger partial charge in [0.25, 0.3) is 0 Å². The highest BCUT2D eigenvalue weighted by atomic mass is 19.4. The number of carbonyl (C=O) groups is 1. The standard InChI is InChI=1S/C19H27F3N4O2/c1-3-17(27)26-8-7-16(11-26)25-18(23-2)24-10-14-5-4-6-15(9-14)12-28-13-19(20,21)22/h4-6,9,16H,3,7-8,10-13H2,1-2H3,(H2,23,24,25). The predicted octanol–water partition coefficient (Wildman–Crippen LogP) is 2.44. The number of hydrogen-bond donors (Lipinski definition) is 2. The van der Waals surface area contributed by atoms with Gasteiger partial charge in [-0.15, -0.1) is 0 Å². The van der Waals surface area contributed by atoms with Gasteiger partial charge in [-0.2, -0.15) is 13.2 Å². The summed E-state index contributed by atoms with van der Waals surface area (Å²) in [5.74, 6) is 0.770. The Balaban J connectivity index is 1.80. The number of aliphatic imine (C=N–C) groups is 1. The first-order valence-electron chi connectivity index (χ1n) is 9.28. The summed E-state index contributed by atoms with van der Waals surface area (Å²) in [4.78, 5) is 17.8. The van der Waals surface area contributed by atoms with Gasteiger partial charge in [-0.1, -0.05) is 31.2 Å². The molecule has 6 nitrogen and oxygen atoms in total. The summed E-state index contributed by atoms with van der Waals surface area (Å²) in [6, 6.07) is 7.33. The van der Waals surface area contributed by atoms with Gasteiger partial charge in [-0.05, 0) is 17.5 Å². The largest absolute Gasteiger partial charge is 0.411 e. The molecule has 0 radical (unpaired) electrons. The fraction of sp³-hybridized carbons (Fsp3) is 0.579. The molecule has 1 aliphatic heterocycles. The zero-order chi connectivity index (χ0) is 20.6. The van der Waals surface area contributed by atoms with Gasteiger partial charge in [0.05, 0.1) is 6.61 Å². The highest BCUT2D eigenvalue weighted by Crippen LogP contribution is 2.16. The van der Waals surface area contributed by atoms with Crippen LogP contribution in [0.15, 0.2) is 29.3 Å². The molecular formula is C19H27F3N4O2. The summed E-state index contributed by atoms with van der Waals surface area (Å²) in [5, 5.41) is 6.50. The van der Waals surface area contributed by atoms with E-state index in [1.807, 2.05) is 17.9 Å². The van der Waals surface area contributed by atoms with Crippen LogP contribution in [-0.2, 0) is 22.7 Å². The van der Waals surface area contributed by atoms with Crippen molar-refractivity contribution in [1.82, 2.24) is 15.5 Å². The predicted molar refractivity (Wildman–Crippen MR) is 101 cm³/mol. The van der Waals surface area contributed by atoms with Gasteiger partial charge < -0.3 is 20.3 Å². The van der Waals surface area contributed by atoms with Crippen molar-refractivity contribution in [2.75, 3.05) is 26.7 Å². The first-order chi connectivity index (χ1) is 13.3. The fourth-order valence-electron chi connectivity index (χ4n) is 3.02. The maximum atomic E-state index is 12.2. The highest BCUT2D eigenvalue weighted by Gasteiger charge is 2.27. The summed E-state index contributed by atoms with van der Waals surface area (Å²) >= 11 is 0. The molecule has 1 aliphatic rings. The Morgan fingerprint density at radius 2 is 2.11 bits per heavy atom. The average Bonchev–Trinajstić information content (AvgIpc) is 3.12. The Kier molecular flexibility index (Phi) is 8.10. The quantitative estimate of drug-likeness (QED) is 0.545. The molecule has 1 saturated heterocycles. The second-order valence-electron chi connectivity index (χ2n) is 6.68. The number of nitrogens with zero attached hydrogens (tertiary/aromatic N) is 2. The lowest BCUT2D eigenvalue weighted by Crippen LogP contribution is -2.44. The smallest absolute Gasteiger partial charge is 0.367 e. The molecule has 0 spiro atoms. The van der Waals surface area contributed by atoms with Crippen LogP contribution in [0.2, 0.25) is 0 Å². The van der Waals surface area contributed by atoms with Crippen LogP contribution in [0, 0.1) is 0 Å². The van der Waals surface area contributed by atoms with Crippen LogP contribution < -0.4 is 10.6 Å². The molecule has 1 heterocycles. The molecule has 156 valence electrons. The number of benzene rings is 1. The van der Waals surface area contributed by atoms with Crippen molar-refractivity contribution in [3.63, 3.8) is 0 Å². The van der Waals surface area contributed by atoms with Gasteiger partial charge in [-0.25, -0.2) is 0 Å². The molecule has 9 heteroatoms. The van der Waals surface area contributed by atoms with E-state index in [0.717, 1.165) is 18.5 Å². The van der Waals surface area contributed by atoms with Gasteiger partial charge in [0.1, 0.15) is 6.61 Å². The lowest BCUT2D eigenvalue weighted by atomic mass is 10.1. The van der Waals surface area contributed by atoms with E-state index >= 15 is 0 Å². The van der Waals surface area contributed by atoms with Gasteiger partial charge in [-0.3, -0.25) is 9.79 Å². The first kappa shape index (κ1) is 22.0. The lowest BCUT2D eigenvalue weighted by molar-refractivity contribution is -0.176. The van der Waals surface area contributed by atoms with Crippen molar-refractivity contribution >= 4 is 11.9 Å². The number of carbonyl (C=O) groups excluding carboxylic acids is 1. The Labute approximate surface area is 163 Å². The minimum atomic E-state index is -4.32. The lowest BCUT2D eigenvalue weighted by Gasteiger charge is -2.19. The third-order valence-electron chi connectivity index (χ3n) is 4.39. The van der Waals surface area contributed by atoms with Crippen molar-refractivity contribution < 1.29 is 22.7 Å². The summed E-state index contributed by atoms with van der Waals surface area (Å²) in [5.41, 5.74) is 1.58. The molecule has 1 amide bonds.